The van der Waals surface area contributed by atoms with Gasteiger partial charge in [0.1, 0.15) is 29.0 Å². The summed E-state index contributed by atoms with van der Waals surface area (Å²) in [6.45, 7) is 2.44. The van der Waals surface area contributed by atoms with Gasteiger partial charge in [-0.25, -0.2) is 4.39 Å². The summed E-state index contributed by atoms with van der Waals surface area (Å²) in [6.07, 6.45) is 1.94. The first-order chi connectivity index (χ1) is 15.9. The zero-order valence-electron chi connectivity index (χ0n) is 18.2. The normalized spacial score (nSPS) is 10.9. The van der Waals surface area contributed by atoms with E-state index in [9.17, 15) is 14.4 Å². The molecular weight excluding hydrogens is 487 g/mol. The van der Waals surface area contributed by atoms with Crippen LogP contribution >= 0.6 is 15.9 Å². The van der Waals surface area contributed by atoms with Crippen LogP contribution in [-0.4, -0.2) is 19.6 Å². The molecule has 0 atom stereocenters. The largest absolute Gasteiger partial charge is 0.496 e. The van der Waals surface area contributed by atoms with Crippen molar-refractivity contribution in [3.63, 3.8) is 0 Å². The minimum atomic E-state index is -0.527. The number of rotatable bonds is 8. The SMILES string of the molecule is CCOc1ccc(NC(=O)/C(C#N)=C/c2cc(Br)c(Cc3cccc(F)c3)c(OC)c2)cc1. The standard InChI is InChI=1S/C26H22BrFN2O3/c1-3-33-22-9-7-21(8-10-22)30-26(31)19(16-29)11-18-14-24(27)23(25(15-18)32-2)13-17-5-4-6-20(28)12-17/h4-12,14-15H,3,13H2,1-2H3,(H,30,31)/b19-11+. The predicted molar refractivity (Wildman–Crippen MR) is 130 cm³/mol. The summed E-state index contributed by atoms with van der Waals surface area (Å²) in [6, 6.07) is 18.7. The van der Waals surface area contributed by atoms with Gasteiger partial charge in [-0.3, -0.25) is 4.79 Å². The van der Waals surface area contributed by atoms with Gasteiger partial charge < -0.3 is 14.8 Å². The van der Waals surface area contributed by atoms with Crippen molar-refractivity contribution in [1.82, 2.24) is 0 Å². The van der Waals surface area contributed by atoms with Gasteiger partial charge in [-0.05, 0) is 72.7 Å². The number of carbonyl (C=O) groups is 1. The summed E-state index contributed by atoms with van der Waals surface area (Å²) in [7, 11) is 1.54. The number of hydrogen-bond donors (Lipinski definition) is 1. The van der Waals surface area contributed by atoms with Crippen LogP contribution in [0.5, 0.6) is 11.5 Å². The van der Waals surface area contributed by atoms with E-state index in [1.807, 2.05) is 19.1 Å². The summed E-state index contributed by atoms with van der Waals surface area (Å²) in [5, 5.41) is 12.3. The molecule has 168 valence electrons. The number of carbonyl (C=O) groups excluding carboxylic acids is 1. The van der Waals surface area contributed by atoms with E-state index in [2.05, 4.69) is 21.2 Å². The number of amides is 1. The number of nitrogens with one attached hydrogen (secondary N) is 1. The number of methoxy groups -OCH3 is 1. The second kappa shape index (κ2) is 11.3. The van der Waals surface area contributed by atoms with Crippen LogP contribution in [-0.2, 0) is 11.2 Å². The maximum absolute atomic E-state index is 13.6. The highest BCUT2D eigenvalue weighted by molar-refractivity contribution is 9.10. The summed E-state index contributed by atoms with van der Waals surface area (Å²) >= 11 is 3.54. The number of benzene rings is 3. The fraction of sp³-hybridized carbons (Fsp3) is 0.154. The Bertz CT molecular complexity index is 1220. The Morgan fingerprint density at radius 1 is 1.18 bits per heavy atom. The molecule has 1 amide bonds. The summed E-state index contributed by atoms with van der Waals surface area (Å²) in [4.78, 5) is 12.6. The fourth-order valence-electron chi connectivity index (χ4n) is 3.23. The van der Waals surface area contributed by atoms with Crippen LogP contribution in [0.2, 0.25) is 0 Å². The number of nitriles is 1. The molecule has 3 aromatic rings. The maximum atomic E-state index is 13.6. The van der Waals surface area contributed by atoms with E-state index in [0.29, 0.717) is 35.8 Å². The third-order valence-corrected chi connectivity index (χ3v) is 5.47. The Labute approximate surface area is 200 Å². The molecule has 0 aromatic heterocycles. The van der Waals surface area contributed by atoms with Crippen molar-refractivity contribution in [1.29, 1.82) is 5.26 Å². The molecule has 7 heteroatoms. The first kappa shape index (κ1) is 24.0. The third kappa shape index (κ3) is 6.43. The zero-order chi connectivity index (χ0) is 23.8. The molecule has 0 aliphatic carbocycles. The summed E-state index contributed by atoms with van der Waals surface area (Å²) in [5.41, 5.74) is 2.73. The lowest BCUT2D eigenvalue weighted by Crippen LogP contribution is -2.13. The Kier molecular flexibility index (Phi) is 8.22. The molecule has 0 spiro atoms. The van der Waals surface area contributed by atoms with Crippen LogP contribution in [0.3, 0.4) is 0 Å². The van der Waals surface area contributed by atoms with Crippen molar-refractivity contribution in [2.24, 2.45) is 0 Å². The van der Waals surface area contributed by atoms with Gasteiger partial charge in [0, 0.05) is 22.1 Å². The number of nitrogens with zero attached hydrogens (tertiary/aromatic N) is 1. The molecule has 0 saturated heterocycles. The average molecular weight is 509 g/mol. The lowest BCUT2D eigenvalue weighted by Gasteiger charge is -2.13. The van der Waals surface area contributed by atoms with E-state index in [0.717, 1.165) is 15.6 Å². The van der Waals surface area contributed by atoms with Crippen molar-refractivity contribution >= 4 is 33.6 Å². The molecule has 0 heterocycles. The van der Waals surface area contributed by atoms with E-state index in [-0.39, 0.29) is 11.4 Å². The highest BCUT2D eigenvalue weighted by Gasteiger charge is 2.14. The second-order valence-corrected chi connectivity index (χ2v) is 7.93. The van der Waals surface area contributed by atoms with Crippen LogP contribution in [0.15, 0.2) is 70.7 Å². The van der Waals surface area contributed by atoms with Gasteiger partial charge >= 0.3 is 0 Å². The average Bonchev–Trinajstić information content (AvgIpc) is 2.80. The van der Waals surface area contributed by atoms with Gasteiger partial charge in [-0.15, -0.1) is 0 Å². The Morgan fingerprint density at radius 3 is 2.58 bits per heavy atom. The third-order valence-electron chi connectivity index (χ3n) is 4.77. The van der Waals surface area contributed by atoms with Gasteiger partial charge in [0.25, 0.3) is 5.91 Å². The topological polar surface area (TPSA) is 71.3 Å². The van der Waals surface area contributed by atoms with Gasteiger partial charge in [-0.1, -0.05) is 28.1 Å². The molecule has 1 N–H and O–H groups in total. The van der Waals surface area contributed by atoms with Gasteiger partial charge in [0.2, 0.25) is 0 Å². The second-order valence-electron chi connectivity index (χ2n) is 7.07. The molecule has 0 aliphatic rings. The zero-order valence-corrected chi connectivity index (χ0v) is 19.8. The number of anilines is 1. The fourth-order valence-corrected chi connectivity index (χ4v) is 3.83. The number of hydrogen-bond acceptors (Lipinski definition) is 4. The smallest absolute Gasteiger partial charge is 0.266 e. The first-order valence-corrected chi connectivity index (χ1v) is 11.0. The van der Waals surface area contributed by atoms with Gasteiger partial charge in [-0.2, -0.15) is 5.26 Å². The monoisotopic (exact) mass is 508 g/mol. The Balaban J connectivity index is 1.83. The Morgan fingerprint density at radius 2 is 1.94 bits per heavy atom. The minimum Gasteiger partial charge on any atom is -0.496 e. The van der Waals surface area contributed by atoms with Crippen LogP contribution in [0, 0.1) is 17.1 Å². The van der Waals surface area contributed by atoms with E-state index in [4.69, 9.17) is 9.47 Å². The molecule has 0 radical (unpaired) electrons. The number of ether oxygens (including phenoxy) is 2. The van der Waals surface area contributed by atoms with Crippen molar-refractivity contribution in [2.75, 3.05) is 19.0 Å². The van der Waals surface area contributed by atoms with E-state index >= 15 is 0 Å². The molecule has 0 fully saturated rings. The predicted octanol–water partition coefficient (Wildman–Crippen LogP) is 6.13. The van der Waals surface area contributed by atoms with Crippen molar-refractivity contribution in [3.8, 4) is 17.6 Å². The van der Waals surface area contributed by atoms with Crippen LogP contribution in [0.1, 0.15) is 23.6 Å². The highest BCUT2D eigenvalue weighted by atomic mass is 79.9. The number of halogens is 2. The molecule has 0 aliphatic heterocycles. The quantitative estimate of drug-likeness (QED) is 0.293. The van der Waals surface area contributed by atoms with Crippen molar-refractivity contribution in [3.05, 3.63) is 93.2 Å². The minimum absolute atomic E-state index is 0.0595. The molecule has 0 saturated carbocycles. The molecule has 0 bridgehead atoms. The molecule has 3 aromatic carbocycles. The van der Waals surface area contributed by atoms with Crippen LogP contribution in [0.4, 0.5) is 10.1 Å². The van der Waals surface area contributed by atoms with E-state index < -0.39 is 5.91 Å². The molecule has 3 rings (SSSR count). The highest BCUT2D eigenvalue weighted by Crippen LogP contribution is 2.32. The first-order valence-electron chi connectivity index (χ1n) is 10.2. The Hall–Kier alpha value is -3.63. The lowest BCUT2D eigenvalue weighted by atomic mass is 10.0. The van der Waals surface area contributed by atoms with Crippen LogP contribution < -0.4 is 14.8 Å². The summed E-state index contributed by atoms with van der Waals surface area (Å²) in [5.74, 6) is 0.422. The molecular formula is C26H22BrFN2O3. The summed E-state index contributed by atoms with van der Waals surface area (Å²) < 4.78 is 25.2. The van der Waals surface area contributed by atoms with Crippen molar-refractivity contribution in [2.45, 2.75) is 13.3 Å². The van der Waals surface area contributed by atoms with Gasteiger partial charge in [0.05, 0.1) is 13.7 Å². The lowest BCUT2D eigenvalue weighted by molar-refractivity contribution is -0.112. The molecule has 0 unspecified atom stereocenters. The van der Waals surface area contributed by atoms with Crippen molar-refractivity contribution < 1.29 is 18.7 Å². The van der Waals surface area contributed by atoms with E-state index in [1.54, 1.807) is 42.5 Å². The molecule has 33 heavy (non-hydrogen) atoms. The van der Waals surface area contributed by atoms with Crippen LogP contribution in [0.25, 0.3) is 6.08 Å². The van der Waals surface area contributed by atoms with Gasteiger partial charge in [0.15, 0.2) is 0 Å². The van der Waals surface area contributed by atoms with E-state index in [1.165, 1.54) is 25.3 Å². The maximum Gasteiger partial charge on any atom is 0.266 e. The molecule has 5 nitrogen and oxygen atoms in total.